The van der Waals surface area contributed by atoms with Crippen LogP contribution in [0.3, 0.4) is 0 Å². The fraction of sp³-hybridized carbons (Fsp3) is 0.0250. The van der Waals surface area contributed by atoms with Crippen LogP contribution in [-0.2, 0) is 0 Å². The summed E-state index contributed by atoms with van der Waals surface area (Å²) < 4.78 is 7.94. The first-order chi connectivity index (χ1) is 22.2. The van der Waals surface area contributed by atoms with E-state index in [1.807, 2.05) is 78.9 Å². The molecule has 5 nitrogen and oxygen atoms in total. The zero-order valence-electron chi connectivity index (χ0n) is 24.5. The van der Waals surface area contributed by atoms with Crippen LogP contribution in [0.15, 0.2) is 152 Å². The van der Waals surface area contributed by atoms with Crippen LogP contribution >= 0.6 is 0 Å². The third kappa shape index (κ3) is 4.90. The van der Waals surface area contributed by atoms with Crippen molar-refractivity contribution in [3.8, 4) is 34.5 Å². The molecular formula is C40H28N4O. The van der Waals surface area contributed by atoms with Gasteiger partial charge in [0.2, 0.25) is 5.95 Å². The van der Waals surface area contributed by atoms with Gasteiger partial charge in [0.25, 0.3) is 0 Å². The summed E-state index contributed by atoms with van der Waals surface area (Å²) in [5.41, 5.74) is 8.20. The molecule has 0 fully saturated rings. The first-order valence-corrected chi connectivity index (χ1v) is 14.9. The van der Waals surface area contributed by atoms with E-state index in [1.165, 1.54) is 0 Å². The van der Waals surface area contributed by atoms with E-state index in [0.717, 1.165) is 61.0 Å². The highest BCUT2D eigenvalue weighted by atomic mass is 16.5. The fourth-order valence-corrected chi connectivity index (χ4v) is 5.89. The highest BCUT2D eigenvalue weighted by Crippen LogP contribution is 2.35. The first-order valence-electron chi connectivity index (χ1n) is 14.9. The molecule has 8 rings (SSSR count). The summed E-state index contributed by atoms with van der Waals surface area (Å²) in [5, 5.41) is 2.23. The molecular weight excluding hydrogens is 552 g/mol. The van der Waals surface area contributed by atoms with Gasteiger partial charge in [0.1, 0.15) is 12.4 Å². The number of rotatable bonds is 6. The minimum Gasteiger partial charge on any atom is -0.488 e. The summed E-state index contributed by atoms with van der Waals surface area (Å²) in [5.74, 6) is 2.77. The van der Waals surface area contributed by atoms with Gasteiger partial charge in [0.05, 0.1) is 11.0 Å². The second-order valence-corrected chi connectivity index (χ2v) is 11.0. The lowest BCUT2D eigenvalue weighted by molar-refractivity contribution is 0.388. The molecule has 3 heterocycles. The number of hydrogen-bond acceptors (Lipinski definition) is 4. The fourth-order valence-electron chi connectivity index (χ4n) is 5.89. The molecule has 0 N–H and O–H groups in total. The third-order valence-electron chi connectivity index (χ3n) is 8.14. The number of hydrogen-bond donors (Lipinski definition) is 0. The van der Waals surface area contributed by atoms with Crippen molar-refractivity contribution < 1.29 is 4.74 Å². The Balaban J connectivity index is 1.23. The first kappa shape index (κ1) is 26.5. The van der Waals surface area contributed by atoms with Crippen molar-refractivity contribution in [2.24, 2.45) is 0 Å². The molecule has 1 aliphatic rings. The quantitative estimate of drug-likeness (QED) is 0.184. The maximum Gasteiger partial charge on any atom is 0.238 e. The van der Waals surface area contributed by atoms with E-state index in [4.69, 9.17) is 19.7 Å². The maximum absolute atomic E-state index is 5.80. The van der Waals surface area contributed by atoms with E-state index in [-0.39, 0.29) is 0 Å². The number of nitrogens with zero attached hydrogens (tertiary/aromatic N) is 4. The van der Waals surface area contributed by atoms with Gasteiger partial charge in [-0.2, -0.15) is 9.97 Å². The molecule has 0 amide bonds. The Kier molecular flexibility index (Phi) is 6.61. The number of ether oxygens (including phenoxy) is 1. The van der Waals surface area contributed by atoms with Crippen molar-refractivity contribution in [1.29, 1.82) is 0 Å². The summed E-state index contributed by atoms with van der Waals surface area (Å²) in [7, 11) is 0. The average Bonchev–Trinajstić information content (AvgIpc) is 3.67. The van der Waals surface area contributed by atoms with Crippen molar-refractivity contribution in [2.75, 3.05) is 6.61 Å². The molecule has 0 unspecified atom stereocenters. The second kappa shape index (κ2) is 11.2. The van der Waals surface area contributed by atoms with E-state index < -0.39 is 0 Å². The molecule has 5 aromatic carbocycles. The largest absolute Gasteiger partial charge is 0.488 e. The molecule has 7 aromatic rings. The molecule has 0 bridgehead atoms. The van der Waals surface area contributed by atoms with Crippen LogP contribution in [0.2, 0.25) is 0 Å². The van der Waals surface area contributed by atoms with Gasteiger partial charge in [-0.25, -0.2) is 4.98 Å². The van der Waals surface area contributed by atoms with E-state index >= 15 is 0 Å². The molecule has 214 valence electrons. The zero-order chi connectivity index (χ0) is 30.2. The smallest absolute Gasteiger partial charge is 0.238 e. The molecule has 0 atom stereocenters. The Bertz CT molecular complexity index is 2220. The van der Waals surface area contributed by atoms with Crippen molar-refractivity contribution in [1.82, 2.24) is 19.5 Å². The van der Waals surface area contributed by atoms with E-state index in [9.17, 15) is 0 Å². The van der Waals surface area contributed by atoms with Crippen molar-refractivity contribution in [3.05, 3.63) is 163 Å². The molecule has 5 heteroatoms. The minimum atomic E-state index is 0.575. The standard InChI is InChI=1S/C40H28N4O/c1-27(13-12-18-31-26-45-37-22-11-9-19-32(31)37)30-23-24-36-34(25-30)33-20-8-10-21-35(33)44(36)40-42-38(28-14-4-2-5-15-28)41-39(43-40)29-16-6-3-7-17-29/h2-25H,1,26H2/b13-12-,31-18+. The number of fused-ring (bicyclic) bond motifs is 4. The van der Waals surface area contributed by atoms with Gasteiger partial charge in [0, 0.05) is 33.0 Å². The molecule has 0 aliphatic carbocycles. The predicted molar refractivity (Wildman–Crippen MR) is 183 cm³/mol. The molecule has 0 saturated heterocycles. The highest BCUT2D eigenvalue weighted by Gasteiger charge is 2.18. The van der Waals surface area contributed by atoms with Crippen molar-refractivity contribution in [2.45, 2.75) is 0 Å². The van der Waals surface area contributed by atoms with Crippen molar-refractivity contribution in [3.63, 3.8) is 0 Å². The van der Waals surface area contributed by atoms with Gasteiger partial charge in [-0.3, -0.25) is 4.57 Å². The Labute approximate surface area is 261 Å². The summed E-state index contributed by atoms with van der Waals surface area (Å²) in [4.78, 5) is 14.9. The predicted octanol–water partition coefficient (Wildman–Crippen LogP) is 9.35. The summed E-state index contributed by atoms with van der Waals surface area (Å²) in [6.45, 7) is 4.97. The third-order valence-corrected chi connectivity index (χ3v) is 8.14. The Hall–Kier alpha value is -6.07. The monoisotopic (exact) mass is 580 g/mol. The van der Waals surface area contributed by atoms with Crippen molar-refractivity contribution >= 4 is 33.0 Å². The lowest BCUT2D eigenvalue weighted by Gasteiger charge is -2.11. The number of allylic oxidation sites excluding steroid dienone is 4. The summed E-state index contributed by atoms with van der Waals surface area (Å²) in [6.07, 6.45) is 6.22. The number of aromatic nitrogens is 4. The van der Waals surface area contributed by atoms with Gasteiger partial charge >= 0.3 is 0 Å². The Morgan fingerprint density at radius 2 is 1.31 bits per heavy atom. The van der Waals surface area contributed by atoms with Crippen LogP contribution in [0.5, 0.6) is 5.75 Å². The SMILES string of the molecule is C=C(/C=C\C=C1/COc2ccccc21)c1ccc2c(c1)c1ccccc1n2-c1nc(-c2ccccc2)nc(-c2ccccc2)n1. The summed E-state index contributed by atoms with van der Waals surface area (Å²) >= 11 is 0. The lowest BCUT2D eigenvalue weighted by atomic mass is 10.0. The normalized spacial score (nSPS) is 13.5. The molecule has 0 saturated carbocycles. The minimum absolute atomic E-state index is 0.575. The lowest BCUT2D eigenvalue weighted by Crippen LogP contribution is -2.06. The van der Waals surface area contributed by atoms with Gasteiger partial charge in [-0.1, -0.05) is 128 Å². The van der Waals surface area contributed by atoms with Gasteiger partial charge in [0.15, 0.2) is 11.6 Å². The summed E-state index contributed by atoms with van der Waals surface area (Å²) in [6, 6.07) is 43.1. The zero-order valence-corrected chi connectivity index (χ0v) is 24.5. The second-order valence-electron chi connectivity index (χ2n) is 11.0. The van der Waals surface area contributed by atoms with E-state index in [2.05, 4.69) is 77.9 Å². The average molecular weight is 581 g/mol. The van der Waals surface area contributed by atoms with Crippen LogP contribution in [-0.4, -0.2) is 26.1 Å². The van der Waals surface area contributed by atoms with Gasteiger partial charge in [-0.15, -0.1) is 0 Å². The van der Waals surface area contributed by atoms with E-state index in [1.54, 1.807) is 0 Å². The van der Waals surface area contributed by atoms with Gasteiger partial charge in [-0.05, 0) is 35.4 Å². The molecule has 45 heavy (non-hydrogen) atoms. The molecule has 0 spiro atoms. The molecule has 2 aromatic heterocycles. The molecule has 0 radical (unpaired) electrons. The van der Waals surface area contributed by atoms with Gasteiger partial charge < -0.3 is 4.74 Å². The Morgan fingerprint density at radius 1 is 0.667 bits per heavy atom. The number of para-hydroxylation sites is 2. The van der Waals surface area contributed by atoms with Crippen LogP contribution in [0.1, 0.15) is 11.1 Å². The van der Waals surface area contributed by atoms with Crippen LogP contribution < -0.4 is 4.74 Å². The number of benzene rings is 5. The maximum atomic E-state index is 5.80. The van der Waals surface area contributed by atoms with E-state index in [0.29, 0.717) is 24.2 Å². The Morgan fingerprint density at radius 3 is 2.07 bits per heavy atom. The highest BCUT2D eigenvalue weighted by molar-refractivity contribution is 6.10. The molecule has 1 aliphatic heterocycles. The topological polar surface area (TPSA) is 52.8 Å². The van der Waals surface area contributed by atoms with Crippen LogP contribution in [0.4, 0.5) is 0 Å². The van der Waals surface area contributed by atoms with Crippen LogP contribution in [0, 0.1) is 0 Å². The van der Waals surface area contributed by atoms with Crippen LogP contribution in [0.25, 0.3) is 61.7 Å².